The van der Waals surface area contributed by atoms with Gasteiger partial charge in [0, 0.05) is 31.5 Å². The molecule has 3 aromatic carbocycles. The summed E-state index contributed by atoms with van der Waals surface area (Å²) in [5.74, 6) is -0.353. The number of hydrogen-bond donors (Lipinski definition) is 0. The molecule has 0 aliphatic carbocycles. The van der Waals surface area contributed by atoms with Crippen molar-refractivity contribution < 1.29 is 21.6 Å². The number of fused-ring (bicyclic) bond motifs is 2. The number of nitrogens with zero attached hydrogens (tertiary/aromatic N) is 4. The van der Waals surface area contributed by atoms with Crippen LogP contribution >= 0.6 is 23.7 Å². The van der Waals surface area contributed by atoms with E-state index in [1.165, 1.54) is 50.9 Å². The van der Waals surface area contributed by atoms with Gasteiger partial charge in [-0.2, -0.15) is 0 Å². The number of amides is 1. The number of carbonyl (C=O) groups excluding carboxylic acids is 1. The third kappa shape index (κ3) is 6.26. The van der Waals surface area contributed by atoms with Gasteiger partial charge in [-0.05, 0) is 75.0 Å². The monoisotopic (exact) mass is 634 g/mol. The predicted octanol–water partition coefficient (Wildman–Crippen LogP) is 4.47. The van der Waals surface area contributed by atoms with E-state index in [-0.39, 0.29) is 28.1 Å². The fraction of sp³-hybridized carbons (Fsp3) is 0.286. The highest BCUT2D eigenvalue weighted by Crippen LogP contribution is 2.34. The van der Waals surface area contributed by atoms with Gasteiger partial charge in [0.2, 0.25) is 0 Å². The van der Waals surface area contributed by atoms with E-state index in [4.69, 9.17) is 0 Å². The minimum atomic E-state index is -3.81. The van der Waals surface area contributed by atoms with Gasteiger partial charge in [-0.25, -0.2) is 21.8 Å². The first-order chi connectivity index (χ1) is 19.0. The van der Waals surface area contributed by atoms with E-state index in [0.29, 0.717) is 46.2 Å². The summed E-state index contributed by atoms with van der Waals surface area (Å²) in [6, 6.07) is 18.4. The topological polar surface area (TPSA) is 108 Å². The molecule has 5 rings (SSSR count). The second-order valence-electron chi connectivity index (χ2n) is 9.97. The maximum atomic E-state index is 13.7. The number of halogens is 1. The largest absolute Gasteiger partial charge is 0.308 e. The van der Waals surface area contributed by atoms with Crippen LogP contribution in [0.15, 0.2) is 76.5 Å². The van der Waals surface area contributed by atoms with Gasteiger partial charge in [-0.1, -0.05) is 35.6 Å². The van der Waals surface area contributed by atoms with Crippen molar-refractivity contribution in [3.8, 4) is 0 Å². The van der Waals surface area contributed by atoms with Crippen LogP contribution in [-0.4, -0.2) is 72.6 Å². The number of benzene rings is 3. The molecule has 1 aromatic heterocycles. The van der Waals surface area contributed by atoms with Gasteiger partial charge in [0.15, 0.2) is 15.0 Å². The molecule has 218 valence electrons. The fourth-order valence-electron chi connectivity index (χ4n) is 4.71. The highest BCUT2D eigenvalue weighted by atomic mass is 35.5. The average Bonchev–Trinajstić information content (AvgIpc) is 3.36. The zero-order chi connectivity index (χ0) is 28.7. The quantitative estimate of drug-likeness (QED) is 0.281. The highest BCUT2D eigenvalue weighted by molar-refractivity contribution is 7.92. The summed E-state index contributed by atoms with van der Waals surface area (Å²) in [7, 11) is -3.55. The van der Waals surface area contributed by atoms with Crippen molar-refractivity contribution in [1.29, 1.82) is 0 Å². The molecule has 0 N–H and O–H groups in total. The van der Waals surface area contributed by atoms with E-state index >= 15 is 0 Å². The van der Waals surface area contributed by atoms with Gasteiger partial charge in [0.25, 0.3) is 15.9 Å². The summed E-state index contributed by atoms with van der Waals surface area (Å²) in [5.41, 5.74) is 2.32. The van der Waals surface area contributed by atoms with Crippen LogP contribution in [0.25, 0.3) is 10.2 Å². The molecule has 1 aliphatic heterocycles. The first-order valence-electron chi connectivity index (χ1n) is 12.7. The molecule has 13 heteroatoms. The van der Waals surface area contributed by atoms with Crippen LogP contribution in [0.5, 0.6) is 0 Å². The Hall–Kier alpha value is -3.03. The number of sulfone groups is 1. The summed E-state index contributed by atoms with van der Waals surface area (Å²) in [4.78, 5) is 22.0. The van der Waals surface area contributed by atoms with Gasteiger partial charge >= 0.3 is 0 Å². The van der Waals surface area contributed by atoms with E-state index < -0.39 is 19.9 Å². The van der Waals surface area contributed by atoms with Gasteiger partial charge in [0.05, 0.1) is 20.2 Å². The number of carbonyl (C=O) groups is 1. The zero-order valence-corrected chi connectivity index (χ0v) is 26.1. The minimum absolute atomic E-state index is 0. The number of likely N-dealkylation sites (N-methyl/N-ethyl adjacent to an activating group) is 1. The van der Waals surface area contributed by atoms with Crippen molar-refractivity contribution in [3.63, 3.8) is 0 Å². The molecule has 0 bridgehead atoms. The number of aromatic nitrogens is 1. The number of aryl methyl sites for hydroxylation is 1. The number of thiazole rings is 1. The van der Waals surface area contributed by atoms with Gasteiger partial charge in [0.1, 0.15) is 5.52 Å². The van der Waals surface area contributed by atoms with Crippen molar-refractivity contribution in [2.75, 3.05) is 49.2 Å². The molecule has 9 nitrogen and oxygen atoms in total. The number of hydrogen-bond acceptors (Lipinski definition) is 8. The maximum absolute atomic E-state index is 13.7. The van der Waals surface area contributed by atoms with Crippen LogP contribution in [0.3, 0.4) is 0 Å². The zero-order valence-electron chi connectivity index (χ0n) is 22.8. The van der Waals surface area contributed by atoms with Crippen LogP contribution in [0.4, 0.5) is 10.8 Å². The second-order valence-corrected chi connectivity index (χ2v) is 14.8. The lowest BCUT2D eigenvalue weighted by molar-refractivity contribution is 0.0985. The van der Waals surface area contributed by atoms with Crippen molar-refractivity contribution in [2.45, 2.75) is 22.6 Å². The van der Waals surface area contributed by atoms with Crippen LogP contribution in [0, 0.1) is 0 Å². The Labute approximate surface area is 250 Å². The first-order valence-corrected chi connectivity index (χ1v) is 16.9. The van der Waals surface area contributed by atoms with Crippen LogP contribution < -0.4 is 9.21 Å². The summed E-state index contributed by atoms with van der Waals surface area (Å²) in [6.45, 7) is 1.25. The average molecular weight is 635 g/mol. The number of sulfonamides is 1. The molecule has 0 atom stereocenters. The Balaban J connectivity index is 0.00000387. The number of para-hydroxylation sites is 2. The summed E-state index contributed by atoms with van der Waals surface area (Å²) in [5, 5.41) is 0.375. The summed E-state index contributed by atoms with van der Waals surface area (Å²) in [6.07, 6.45) is 2.70. The third-order valence-electron chi connectivity index (χ3n) is 6.77. The molecule has 0 saturated heterocycles. The molecule has 0 unspecified atom stereocenters. The van der Waals surface area contributed by atoms with Crippen molar-refractivity contribution in [2.24, 2.45) is 0 Å². The summed E-state index contributed by atoms with van der Waals surface area (Å²) < 4.78 is 53.8. The molecule has 0 radical (unpaired) electrons. The molecule has 0 spiro atoms. The van der Waals surface area contributed by atoms with Crippen LogP contribution in [0.2, 0.25) is 0 Å². The van der Waals surface area contributed by atoms with E-state index in [0.717, 1.165) is 24.7 Å². The van der Waals surface area contributed by atoms with Crippen molar-refractivity contribution >= 4 is 70.5 Å². The molecule has 41 heavy (non-hydrogen) atoms. The molecule has 1 amide bonds. The fourth-order valence-corrected chi connectivity index (χ4v) is 8.17. The van der Waals surface area contributed by atoms with Crippen LogP contribution in [-0.2, 0) is 26.3 Å². The molecule has 0 fully saturated rings. The van der Waals surface area contributed by atoms with Crippen molar-refractivity contribution in [3.05, 3.63) is 77.9 Å². The molecular formula is C28H31ClN4O5S3. The van der Waals surface area contributed by atoms with Gasteiger partial charge in [-0.15, -0.1) is 12.4 Å². The van der Waals surface area contributed by atoms with E-state index in [9.17, 15) is 21.6 Å². The van der Waals surface area contributed by atoms with Crippen LogP contribution in [0.1, 0.15) is 22.3 Å². The molecule has 0 saturated carbocycles. The standard InChI is InChI=1S/C28H30N4O5S3.ClH/c1-30(2)18-19-31(28-29-26-24(38-28)11-6-12-25(26)39(3,34)35)27(33)21-13-15-22(16-14-21)40(36,37)32-17-7-9-20-8-4-5-10-23(20)32;/h4-6,8,10-16H,7,9,17-19H2,1-3H3;1H. The summed E-state index contributed by atoms with van der Waals surface area (Å²) >= 11 is 1.24. The molecule has 4 aromatic rings. The Morgan fingerprint density at radius 3 is 2.34 bits per heavy atom. The molecule has 1 aliphatic rings. The van der Waals surface area contributed by atoms with Gasteiger partial charge in [-0.3, -0.25) is 14.0 Å². The minimum Gasteiger partial charge on any atom is -0.308 e. The van der Waals surface area contributed by atoms with Crippen molar-refractivity contribution in [1.82, 2.24) is 9.88 Å². The maximum Gasteiger partial charge on any atom is 0.264 e. The Morgan fingerprint density at radius 1 is 0.951 bits per heavy atom. The SMILES string of the molecule is CN(C)CCN(C(=O)c1ccc(S(=O)(=O)N2CCCc3ccccc32)cc1)c1nc2c(S(C)(=O)=O)cccc2s1.Cl. The smallest absolute Gasteiger partial charge is 0.264 e. The Morgan fingerprint density at radius 2 is 1.66 bits per heavy atom. The lowest BCUT2D eigenvalue weighted by Crippen LogP contribution is -2.37. The molecular weight excluding hydrogens is 604 g/mol. The van der Waals surface area contributed by atoms with Gasteiger partial charge < -0.3 is 4.90 Å². The lowest BCUT2D eigenvalue weighted by atomic mass is 10.0. The van der Waals surface area contributed by atoms with E-state index in [1.54, 1.807) is 12.1 Å². The predicted molar refractivity (Wildman–Crippen MR) is 166 cm³/mol. The normalized spacial score (nSPS) is 13.6. The number of anilines is 2. The van der Waals surface area contributed by atoms with E-state index in [2.05, 4.69) is 4.98 Å². The number of rotatable bonds is 8. The lowest BCUT2D eigenvalue weighted by Gasteiger charge is -2.30. The van der Waals surface area contributed by atoms with E-state index in [1.807, 2.05) is 43.3 Å². The Kier molecular flexibility index (Phi) is 9.10. The highest BCUT2D eigenvalue weighted by Gasteiger charge is 2.30. The second kappa shape index (κ2) is 12.1. The molecule has 2 heterocycles. The third-order valence-corrected chi connectivity index (χ3v) is 10.8. The first kappa shape index (κ1) is 30.9. The Bertz CT molecular complexity index is 1790.